The van der Waals surface area contributed by atoms with E-state index in [9.17, 15) is 9.59 Å². The number of hydrogen-bond acceptors (Lipinski definition) is 2. The Morgan fingerprint density at radius 2 is 1.70 bits per heavy atom. The van der Waals surface area contributed by atoms with Crippen LogP contribution in [0.5, 0.6) is 0 Å². The summed E-state index contributed by atoms with van der Waals surface area (Å²) in [5.74, 6) is -0.425. The van der Waals surface area contributed by atoms with E-state index in [0.717, 1.165) is 0 Å². The zero-order valence-corrected chi connectivity index (χ0v) is 13.2. The average Bonchev–Trinajstić information content (AvgIpc) is 2.43. The maximum Gasteiger partial charge on any atom is 0.252 e. The van der Waals surface area contributed by atoms with Crippen molar-refractivity contribution in [3.63, 3.8) is 0 Å². The van der Waals surface area contributed by atoms with Crippen molar-refractivity contribution >= 4 is 52.3 Å². The molecule has 2 amide bonds. The van der Waals surface area contributed by atoms with E-state index in [1.54, 1.807) is 13.8 Å². The lowest BCUT2D eigenvalue weighted by molar-refractivity contribution is -0.128. The monoisotopic (exact) mass is 334 g/mol. The Morgan fingerprint density at radius 1 is 1.10 bits per heavy atom. The highest BCUT2D eigenvalue weighted by Gasteiger charge is 2.37. The molecule has 0 spiro atoms. The lowest BCUT2D eigenvalue weighted by Crippen LogP contribution is -2.53. The van der Waals surface area contributed by atoms with Crippen LogP contribution in [0.25, 0.3) is 0 Å². The first-order chi connectivity index (χ1) is 9.22. The number of anilines is 1. The molecule has 1 heterocycles. The van der Waals surface area contributed by atoms with Gasteiger partial charge in [0.05, 0.1) is 20.8 Å². The van der Waals surface area contributed by atoms with Gasteiger partial charge in [-0.1, -0.05) is 34.8 Å². The summed E-state index contributed by atoms with van der Waals surface area (Å²) in [7, 11) is 0. The van der Waals surface area contributed by atoms with E-state index >= 15 is 0 Å². The molecule has 1 fully saturated rings. The van der Waals surface area contributed by atoms with Crippen LogP contribution in [0.4, 0.5) is 5.69 Å². The Hall–Kier alpha value is -0.970. The maximum atomic E-state index is 12.5. The zero-order chi connectivity index (χ0) is 15.1. The number of carbonyl (C=O) groups is 2. The van der Waals surface area contributed by atoms with Gasteiger partial charge in [0.15, 0.2) is 0 Å². The van der Waals surface area contributed by atoms with Crippen LogP contribution in [0.3, 0.4) is 0 Å². The van der Waals surface area contributed by atoms with Gasteiger partial charge < -0.3 is 10.2 Å². The number of hydrogen-bond donors (Lipinski definition) is 1. The maximum absolute atomic E-state index is 12.5. The molecule has 20 heavy (non-hydrogen) atoms. The number of nitrogens with one attached hydrogen (secondary N) is 1. The second kappa shape index (κ2) is 5.43. The molecular formula is C13H13Cl3N2O2. The number of amides is 2. The Kier molecular flexibility index (Phi) is 4.19. The first-order valence-electron chi connectivity index (χ1n) is 6.00. The molecule has 0 radical (unpaired) electrons. The summed E-state index contributed by atoms with van der Waals surface area (Å²) in [4.78, 5) is 25.7. The molecule has 0 saturated carbocycles. The van der Waals surface area contributed by atoms with Gasteiger partial charge in [-0.25, -0.2) is 0 Å². The van der Waals surface area contributed by atoms with Crippen molar-refractivity contribution in [2.45, 2.75) is 25.8 Å². The van der Waals surface area contributed by atoms with Crippen molar-refractivity contribution in [3.8, 4) is 0 Å². The van der Waals surface area contributed by atoms with E-state index in [1.807, 2.05) is 0 Å². The third kappa shape index (κ3) is 2.87. The van der Waals surface area contributed by atoms with Crippen LogP contribution in [0.15, 0.2) is 12.1 Å². The molecule has 0 unspecified atom stereocenters. The van der Waals surface area contributed by atoms with Gasteiger partial charge >= 0.3 is 0 Å². The fourth-order valence-electron chi connectivity index (χ4n) is 2.07. The smallest absolute Gasteiger partial charge is 0.252 e. The van der Waals surface area contributed by atoms with Crippen molar-refractivity contribution in [3.05, 3.63) is 27.2 Å². The van der Waals surface area contributed by atoms with Gasteiger partial charge in [0.1, 0.15) is 5.54 Å². The van der Waals surface area contributed by atoms with Crippen molar-refractivity contribution in [1.29, 1.82) is 0 Å². The summed E-state index contributed by atoms with van der Waals surface area (Å²) in [6, 6.07) is 3.02. The number of rotatable bonds is 1. The second-order valence-electron chi connectivity index (χ2n) is 5.10. The molecule has 1 aromatic rings. The van der Waals surface area contributed by atoms with Crippen molar-refractivity contribution < 1.29 is 9.59 Å². The molecule has 1 saturated heterocycles. The minimum atomic E-state index is -0.997. The zero-order valence-electron chi connectivity index (χ0n) is 11.0. The number of benzene rings is 1. The molecule has 2 rings (SSSR count). The van der Waals surface area contributed by atoms with Crippen LogP contribution >= 0.6 is 34.8 Å². The van der Waals surface area contributed by atoms with E-state index < -0.39 is 5.54 Å². The summed E-state index contributed by atoms with van der Waals surface area (Å²) >= 11 is 18.0. The van der Waals surface area contributed by atoms with Gasteiger partial charge in [-0.05, 0) is 26.0 Å². The summed E-state index contributed by atoms with van der Waals surface area (Å²) in [6.45, 7) is 3.54. The Morgan fingerprint density at radius 3 is 2.35 bits per heavy atom. The van der Waals surface area contributed by atoms with E-state index in [2.05, 4.69) is 5.32 Å². The summed E-state index contributed by atoms with van der Waals surface area (Å²) in [5.41, 5.74) is -0.543. The van der Waals surface area contributed by atoms with Gasteiger partial charge in [0.25, 0.3) is 5.91 Å². The summed E-state index contributed by atoms with van der Waals surface area (Å²) < 4.78 is 0. The molecular weight excluding hydrogens is 323 g/mol. The average molecular weight is 336 g/mol. The molecule has 4 nitrogen and oxygen atoms in total. The van der Waals surface area contributed by atoms with Gasteiger partial charge in [-0.2, -0.15) is 0 Å². The SMILES string of the molecule is CC1(C)NC(=O)CCN(c2cc(Cl)c(Cl)cc2Cl)C1=O. The van der Waals surface area contributed by atoms with E-state index in [4.69, 9.17) is 34.8 Å². The van der Waals surface area contributed by atoms with Gasteiger partial charge in [0.2, 0.25) is 5.91 Å². The number of nitrogens with zero attached hydrogens (tertiary/aromatic N) is 1. The third-order valence-electron chi connectivity index (χ3n) is 3.07. The summed E-state index contributed by atoms with van der Waals surface area (Å²) in [5, 5.41) is 3.62. The first kappa shape index (κ1) is 15.4. The lowest BCUT2D eigenvalue weighted by Gasteiger charge is -2.29. The van der Waals surface area contributed by atoms with E-state index in [1.165, 1.54) is 17.0 Å². The molecule has 1 aliphatic rings. The van der Waals surface area contributed by atoms with Crippen LogP contribution in [0, 0.1) is 0 Å². The molecule has 108 valence electrons. The number of carbonyl (C=O) groups excluding carboxylic acids is 2. The fourth-order valence-corrected chi connectivity index (χ4v) is 2.71. The first-order valence-corrected chi connectivity index (χ1v) is 7.13. The number of halogens is 3. The minimum absolute atomic E-state index is 0.179. The van der Waals surface area contributed by atoms with E-state index in [0.29, 0.717) is 20.8 Å². The Bertz CT molecular complexity index is 587. The van der Waals surface area contributed by atoms with Gasteiger partial charge in [0, 0.05) is 13.0 Å². The van der Waals surface area contributed by atoms with Crippen LogP contribution in [-0.2, 0) is 9.59 Å². The van der Waals surface area contributed by atoms with Crippen molar-refractivity contribution in [1.82, 2.24) is 5.32 Å². The molecule has 1 aliphatic heterocycles. The Labute approximate surface area is 132 Å². The Balaban J connectivity index is 2.48. The highest BCUT2D eigenvalue weighted by molar-refractivity contribution is 6.44. The van der Waals surface area contributed by atoms with Crippen molar-refractivity contribution in [2.75, 3.05) is 11.4 Å². The highest BCUT2D eigenvalue weighted by Crippen LogP contribution is 2.36. The molecule has 7 heteroatoms. The molecule has 0 aliphatic carbocycles. The largest absolute Gasteiger partial charge is 0.342 e. The fraction of sp³-hybridized carbons (Fsp3) is 0.385. The topological polar surface area (TPSA) is 49.4 Å². The van der Waals surface area contributed by atoms with E-state index in [-0.39, 0.29) is 24.8 Å². The molecule has 1 N–H and O–H groups in total. The standard InChI is InChI=1S/C13H13Cl3N2O2/c1-13(2)12(20)18(4-3-11(19)17-13)10-6-8(15)7(14)5-9(10)16/h5-6H,3-4H2,1-2H3,(H,17,19). The molecule has 0 aromatic heterocycles. The summed E-state index contributed by atoms with van der Waals surface area (Å²) in [6.07, 6.45) is 0.200. The van der Waals surface area contributed by atoms with Crippen LogP contribution in [0.2, 0.25) is 15.1 Å². The van der Waals surface area contributed by atoms with Gasteiger partial charge in [-0.15, -0.1) is 0 Å². The quantitative estimate of drug-likeness (QED) is 0.801. The second-order valence-corrected chi connectivity index (χ2v) is 6.32. The van der Waals surface area contributed by atoms with Gasteiger partial charge in [-0.3, -0.25) is 9.59 Å². The normalized spacial score (nSPS) is 18.8. The van der Waals surface area contributed by atoms with Crippen molar-refractivity contribution in [2.24, 2.45) is 0 Å². The minimum Gasteiger partial charge on any atom is -0.342 e. The predicted molar refractivity (Wildman–Crippen MR) is 80.7 cm³/mol. The predicted octanol–water partition coefficient (Wildman–Crippen LogP) is 3.28. The van der Waals surface area contributed by atoms with Crippen LogP contribution < -0.4 is 10.2 Å². The third-order valence-corrected chi connectivity index (χ3v) is 4.10. The molecule has 0 atom stereocenters. The molecule has 0 bridgehead atoms. The van der Waals surface area contributed by atoms with Crippen LogP contribution in [-0.4, -0.2) is 23.9 Å². The van der Waals surface area contributed by atoms with Crippen LogP contribution in [0.1, 0.15) is 20.3 Å². The lowest BCUT2D eigenvalue weighted by atomic mass is 10.0. The molecule has 1 aromatic carbocycles. The highest BCUT2D eigenvalue weighted by atomic mass is 35.5.